The lowest BCUT2D eigenvalue weighted by Gasteiger charge is -2.27. The van der Waals surface area contributed by atoms with Crippen molar-refractivity contribution >= 4 is 34.2 Å². The number of nitrogen functional groups attached to an aromatic ring is 1. The van der Waals surface area contributed by atoms with Gasteiger partial charge in [-0.3, -0.25) is 19.3 Å². The third kappa shape index (κ3) is 2.18. The molecule has 2 aromatic carbocycles. The van der Waals surface area contributed by atoms with Gasteiger partial charge in [-0.2, -0.15) is 0 Å². The maximum absolute atomic E-state index is 12.5. The van der Waals surface area contributed by atoms with Gasteiger partial charge in [-0.05, 0) is 30.0 Å². The molecule has 0 aliphatic carbocycles. The van der Waals surface area contributed by atoms with Gasteiger partial charge >= 0.3 is 5.97 Å². The van der Waals surface area contributed by atoms with Gasteiger partial charge in [0.2, 0.25) is 0 Å². The zero-order chi connectivity index (χ0) is 15.9. The molecule has 0 fully saturated rings. The summed E-state index contributed by atoms with van der Waals surface area (Å²) in [7, 11) is 0. The molecule has 0 saturated carbocycles. The predicted molar refractivity (Wildman–Crippen MR) is 80.6 cm³/mol. The monoisotopic (exact) mass is 298 g/mol. The maximum Gasteiger partial charge on any atom is 0.303 e. The summed E-state index contributed by atoms with van der Waals surface area (Å²) in [5.41, 5.74) is 7.11. The SMILES string of the molecule is Nc1cc2c3c(cccc3c1)C(=O)N(CCCC(=O)O)C2=O. The largest absolute Gasteiger partial charge is 0.481 e. The Hall–Kier alpha value is -2.89. The Balaban J connectivity index is 2.05. The van der Waals surface area contributed by atoms with Crippen LogP contribution in [-0.4, -0.2) is 34.3 Å². The third-order valence-corrected chi connectivity index (χ3v) is 3.72. The molecule has 3 N–H and O–H groups in total. The molecule has 112 valence electrons. The highest BCUT2D eigenvalue weighted by Gasteiger charge is 2.32. The molecule has 0 radical (unpaired) electrons. The van der Waals surface area contributed by atoms with Gasteiger partial charge in [0.15, 0.2) is 0 Å². The maximum atomic E-state index is 12.5. The van der Waals surface area contributed by atoms with Gasteiger partial charge in [-0.25, -0.2) is 0 Å². The van der Waals surface area contributed by atoms with E-state index in [4.69, 9.17) is 10.8 Å². The highest BCUT2D eigenvalue weighted by Crippen LogP contribution is 2.32. The first-order chi connectivity index (χ1) is 10.5. The van der Waals surface area contributed by atoms with Crippen LogP contribution in [0.4, 0.5) is 5.69 Å². The number of carboxylic acids is 1. The summed E-state index contributed by atoms with van der Waals surface area (Å²) in [6.07, 6.45) is 0.130. The van der Waals surface area contributed by atoms with E-state index in [2.05, 4.69) is 0 Å². The Bertz CT molecular complexity index is 813. The summed E-state index contributed by atoms with van der Waals surface area (Å²) < 4.78 is 0. The number of amides is 2. The fourth-order valence-corrected chi connectivity index (χ4v) is 2.77. The zero-order valence-corrected chi connectivity index (χ0v) is 11.7. The molecule has 0 bridgehead atoms. The number of hydrogen-bond donors (Lipinski definition) is 2. The van der Waals surface area contributed by atoms with E-state index in [1.165, 1.54) is 0 Å². The van der Waals surface area contributed by atoms with Crippen LogP contribution in [0.25, 0.3) is 10.8 Å². The van der Waals surface area contributed by atoms with Gasteiger partial charge < -0.3 is 10.8 Å². The van der Waals surface area contributed by atoms with E-state index in [0.29, 0.717) is 22.2 Å². The van der Waals surface area contributed by atoms with E-state index < -0.39 is 17.8 Å². The second-order valence-electron chi connectivity index (χ2n) is 5.23. The summed E-state index contributed by atoms with van der Waals surface area (Å²) in [6.45, 7) is 0.0780. The molecule has 6 nitrogen and oxygen atoms in total. The second-order valence-corrected chi connectivity index (χ2v) is 5.23. The van der Waals surface area contributed by atoms with Crippen LogP contribution in [0, 0.1) is 0 Å². The highest BCUT2D eigenvalue weighted by molar-refractivity contribution is 6.25. The second kappa shape index (κ2) is 5.14. The van der Waals surface area contributed by atoms with Crippen LogP contribution in [0.1, 0.15) is 33.6 Å². The molecule has 0 aromatic heterocycles. The lowest BCUT2D eigenvalue weighted by Crippen LogP contribution is -2.41. The van der Waals surface area contributed by atoms with Crippen molar-refractivity contribution in [3.05, 3.63) is 41.5 Å². The van der Waals surface area contributed by atoms with Gasteiger partial charge in [0.25, 0.3) is 11.8 Å². The zero-order valence-electron chi connectivity index (χ0n) is 11.7. The number of nitrogens with zero attached hydrogens (tertiary/aromatic N) is 1. The quantitative estimate of drug-likeness (QED) is 0.663. The fourth-order valence-electron chi connectivity index (χ4n) is 2.77. The molecule has 0 spiro atoms. The van der Waals surface area contributed by atoms with E-state index >= 15 is 0 Å². The average Bonchev–Trinajstić information content (AvgIpc) is 2.47. The number of carbonyl (C=O) groups excluding carboxylic acids is 2. The first-order valence-electron chi connectivity index (χ1n) is 6.89. The molecule has 2 aromatic rings. The van der Waals surface area contributed by atoms with Crippen molar-refractivity contribution in [2.45, 2.75) is 12.8 Å². The Labute approximate surface area is 126 Å². The lowest BCUT2D eigenvalue weighted by atomic mass is 9.93. The summed E-state index contributed by atoms with van der Waals surface area (Å²) in [6, 6.07) is 8.50. The summed E-state index contributed by atoms with van der Waals surface area (Å²) in [5.74, 6) is -1.77. The molecular weight excluding hydrogens is 284 g/mol. The van der Waals surface area contributed by atoms with Crippen LogP contribution in [0.5, 0.6) is 0 Å². The van der Waals surface area contributed by atoms with Crippen molar-refractivity contribution in [2.75, 3.05) is 12.3 Å². The molecule has 1 aliphatic rings. The van der Waals surface area contributed by atoms with Gasteiger partial charge in [0.05, 0.1) is 5.56 Å². The molecule has 1 heterocycles. The van der Waals surface area contributed by atoms with Gasteiger partial charge in [-0.1, -0.05) is 12.1 Å². The van der Waals surface area contributed by atoms with E-state index in [1.54, 1.807) is 30.3 Å². The third-order valence-electron chi connectivity index (χ3n) is 3.72. The number of imide groups is 1. The van der Waals surface area contributed by atoms with Crippen molar-refractivity contribution in [1.82, 2.24) is 4.90 Å². The van der Waals surface area contributed by atoms with E-state index in [-0.39, 0.29) is 19.4 Å². The van der Waals surface area contributed by atoms with Crippen molar-refractivity contribution in [2.24, 2.45) is 0 Å². The molecule has 6 heteroatoms. The van der Waals surface area contributed by atoms with Gasteiger partial charge in [0, 0.05) is 29.6 Å². The van der Waals surface area contributed by atoms with Crippen LogP contribution in [0.3, 0.4) is 0 Å². The molecule has 3 rings (SSSR count). The predicted octanol–water partition coefficient (Wildman–Crippen LogP) is 1.88. The summed E-state index contributed by atoms with van der Waals surface area (Å²) in [5, 5.41) is 10.0. The average molecular weight is 298 g/mol. The van der Waals surface area contributed by atoms with Crippen molar-refractivity contribution in [1.29, 1.82) is 0 Å². The number of anilines is 1. The minimum atomic E-state index is -0.955. The Kier molecular flexibility index (Phi) is 3.29. The number of rotatable bonds is 4. The number of nitrogens with two attached hydrogens (primary N) is 1. The standard InChI is InChI=1S/C16H14N2O4/c17-10-7-9-3-1-4-11-14(9)12(8-10)16(22)18(15(11)21)6-2-5-13(19)20/h1,3-4,7-8H,2,5-6,17H2,(H,19,20). The van der Waals surface area contributed by atoms with Crippen LogP contribution in [-0.2, 0) is 4.79 Å². The minimum absolute atomic E-state index is 0.0780. The summed E-state index contributed by atoms with van der Waals surface area (Å²) in [4.78, 5) is 36.7. The fraction of sp³-hybridized carbons (Fsp3) is 0.188. The molecular formula is C16H14N2O4. The first-order valence-corrected chi connectivity index (χ1v) is 6.89. The van der Waals surface area contributed by atoms with Crippen molar-refractivity contribution in [3.63, 3.8) is 0 Å². The molecule has 22 heavy (non-hydrogen) atoms. The number of hydrogen-bond acceptors (Lipinski definition) is 4. The molecule has 0 unspecified atom stereocenters. The van der Waals surface area contributed by atoms with Gasteiger partial charge in [0.1, 0.15) is 0 Å². The molecule has 0 saturated heterocycles. The first kappa shape index (κ1) is 14.1. The van der Waals surface area contributed by atoms with E-state index in [9.17, 15) is 14.4 Å². The Morgan fingerprint density at radius 2 is 1.86 bits per heavy atom. The van der Waals surface area contributed by atoms with Crippen LogP contribution >= 0.6 is 0 Å². The Morgan fingerprint density at radius 1 is 1.14 bits per heavy atom. The van der Waals surface area contributed by atoms with Crippen LogP contribution in [0.2, 0.25) is 0 Å². The topological polar surface area (TPSA) is 101 Å². The number of carboxylic acid groups (broad SMARTS) is 1. The molecule has 2 amide bonds. The normalized spacial score (nSPS) is 13.7. The highest BCUT2D eigenvalue weighted by atomic mass is 16.4. The van der Waals surface area contributed by atoms with Crippen molar-refractivity contribution < 1.29 is 19.5 Å². The lowest BCUT2D eigenvalue weighted by molar-refractivity contribution is -0.137. The summed E-state index contributed by atoms with van der Waals surface area (Å²) >= 11 is 0. The Morgan fingerprint density at radius 3 is 2.59 bits per heavy atom. The van der Waals surface area contributed by atoms with E-state index in [0.717, 1.165) is 10.3 Å². The number of aliphatic carboxylic acids is 1. The van der Waals surface area contributed by atoms with Crippen molar-refractivity contribution in [3.8, 4) is 0 Å². The molecule has 1 aliphatic heterocycles. The van der Waals surface area contributed by atoms with Gasteiger partial charge in [-0.15, -0.1) is 0 Å². The number of benzene rings is 2. The molecule has 0 atom stereocenters. The van der Waals surface area contributed by atoms with Crippen LogP contribution in [0.15, 0.2) is 30.3 Å². The number of carbonyl (C=O) groups is 3. The van der Waals surface area contributed by atoms with E-state index in [1.807, 2.05) is 0 Å². The van der Waals surface area contributed by atoms with Crippen LogP contribution < -0.4 is 5.73 Å². The minimum Gasteiger partial charge on any atom is -0.481 e. The smallest absolute Gasteiger partial charge is 0.303 e.